The van der Waals surface area contributed by atoms with Crippen LogP contribution in [-0.4, -0.2) is 29.1 Å². The van der Waals surface area contributed by atoms with E-state index in [-0.39, 0.29) is 0 Å². The van der Waals surface area contributed by atoms with E-state index >= 15 is 0 Å². The van der Waals surface area contributed by atoms with Gasteiger partial charge in [0.2, 0.25) is 5.95 Å². The highest BCUT2D eigenvalue weighted by atomic mass is 15.2. The van der Waals surface area contributed by atoms with Gasteiger partial charge in [-0.05, 0) is 36.4 Å². The molecule has 0 atom stereocenters. The van der Waals surface area contributed by atoms with Crippen molar-refractivity contribution in [3.8, 4) is 45.7 Å². The van der Waals surface area contributed by atoms with Crippen molar-refractivity contribution in [1.29, 1.82) is 0 Å². The van der Waals surface area contributed by atoms with Gasteiger partial charge in [-0.3, -0.25) is 9.55 Å². The van der Waals surface area contributed by atoms with E-state index in [0.29, 0.717) is 17.6 Å². The van der Waals surface area contributed by atoms with Crippen LogP contribution in [0.25, 0.3) is 89.3 Å². The molecule has 0 saturated carbocycles. The lowest BCUT2D eigenvalue weighted by Gasteiger charge is -2.11. The predicted octanol–water partition coefficient (Wildman–Crippen LogP) is 10.5. The zero-order valence-electron chi connectivity index (χ0n) is 26.8. The Morgan fingerprint density at radius 3 is 1.64 bits per heavy atom. The third-order valence-corrected chi connectivity index (χ3v) is 9.43. The second-order valence-electron chi connectivity index (χ2n) is 12.3. The van der Waals surface area contributed by atoms with E-state index in [1.807, 2.05) is 72.9 Å². The van der Waals surface area contributed by atoms with Crippen LogP contribution in [0.3, 0.4) is 0 Å². The maximum Gasteiger partial charge on any atom is 0.238 e. The Balaban J connectivity index is 1.23. The lowest BCUT2D eigenvalue weighted by Crippen LogP contribution is -2.06. The van der Waals surface area contributed by atoms with E-state index in [2.05, 4.69) is 106 Å². The fourth-order valence-electron chi connectivity index (χ4n) is 7.22. The molecule has 234 valence electrons. The number of pyridine rings is 1. The molecule has 0 N–H and O–H groups in total. The molecule has 0 aliphatic carbocycles. The van der Waals surface area contributed by atoms with Crippen molar-refractivity contribution < 1.29 is 0 Å². The molecule has 6 nitrogen and oxygen atoms in total. The minimum atomic E-state index is 0.565. The number of hydrogen-bond acceptors (Lipinski definition) is 4. The lowest BCUT2D eigenvalue weighted by molar-refractivity contribution is 0.953. The Bertz CT molecular complexity index is 2800. The maximum absolute atomic E-state index is 5.13. The average molecular weight is 641 g/mol. The van der Waals surface area contributed by atoms with Crippen molar-refractivity contribution in [1.82, 2.24) is 29.1 Å². The summed E-state index contributed by atoms with van der Waals surface area (Å²) in [6.07, 6.45) is 2.01. The molecule has 0 radical (unpaired) electrons. The monoisotopic (exact) mass is 640 g/mol. The van der Waals surface area contributed by atoms with Gasteiger partial charge in [-0.25, -0.2) is 4.98 Å². The van der Waals surface area contributed by atoms with Gasteiger partial charge in [0.1, 0.15) is 0 Å². The smallest absolute Gasteiger partial charge is 0.238 e. The number of aromatic nitrogens is 6. The first-order valence-electron chi connectivity index (χ1n) is 16.7. The highest BCUT2D eigenvalue weighted by Gasteiger charge is 2.21. The third kappa shape index (κ3) is 4.43. The van der Waals surface area contributed by atoms with Crippen LogP contribution < -0.4 is 0 Å². The van der Waals surface area contributed by atoms with Gasteiger partial charge < -0.3 is 4.57 Å². The van der Waals surface area contributed by atoms with Crippen molar-refractivity contribution in [2.75, 3.05) is 0 Å². The topological polar surface area (TPSA) is 61.4 Å². The van der Waals surface area contributed by atoms with E-state index < -0.39 is 0 Å². The first-order chi connectivity index (χ1) is 24.8. The molecular formula is C44H28N6. The van der Waals surface area contributed by atoms with E-state index in [1.165, 1.54) is 5.39 Å². The molecule has 0 spiro atoms. The second kappa shape index (κ2) is 11.4. The Morgan fingerprint density at radius 1 is 0.400 bits per heavy atom. The van der Waals surface area contributed by atoms with Crippen molar-refractivity contribution in [2.45, 2.75) is 0 Å². The van der Waals surface area contributed by atoms with Crippen LogP contribution >= 0.6 is 0 Å². The average Bonchev–Trinajstić information content (AvgIpc) is 3.71. The van der Waals surface area contributed by atoms with Gasteiger partial charge in [-0.15, -0.1) is 0 Å². The summed E-state index contributed by atoms with van der Waals surface area (Å²) in [4.78, 5) is 20.3. The first-order valence-corrected chi connectivity index (χ1v) is 16.7. The summed E-state index contributed by atoms with van der Waals surface area (Å²) < 4.78 is 4.46. The molecule has 0 saturated heterocycles. The molecule has 0 bridgehead atoms. The fraction of sp³-hybridized carbons (Fsp3) is 0. The predicted molar refractivity (Wildman–Crippen MR) is 203 cm³/mol. The number of hydrogen-bond donors (Lipinski definition) is 0. The zero-order valence-corrected chi connectivity index (χ0v) is 26.8. The zero-order chi connectivity index (χ0) is 33.0. The van der Waals surface area contributed by atoms with E-state index in [4.69, 9.17) is 19.9 Å². The molecule has 0 unspecified atom stereocenters. The summed E-state index contributed by atoms with van der Waals surface area (Å²) in [6.45, 7) is 0. The van der Waals surface area contributed by atoms with Crippen LogP contribution in [0.1, 0.15) is 0 Å². The van der Waals surface area contributed by atoms with Crippen molar-refractivity contribution in [2.24, 2.45) is 0 Å². The van der Waals surface area contributed by atoms with Crippen LogP contribution in [0.15, 0.2) is 170 Å². The molecule has 6 aromatic carbocycles. The third-order valence-electron chi connectivity index (χ3n) is 9.43. The first kappa shape index (κ1) is 28.1. The molecule has 4 aromatic heterocycles. The molecule has 0 fully saturated rings. The van der Waals surface area contributed by atoms with Crippen molar-refractivity contribution in [3.63, 3.8) is 0 Å². The van der Waals surface area contributed by atoms with Crippen LogP contribution in [0.2, 0.25) is 0 Å². The molecular weight excluding hydrogens is 613 g/mol. The normalized spacial score (nSPS) is 11.6. The Kier molecular flexibility index (Phi) is 6.39. The van der Waals surface area contributed by atoms with Crippen LogP contribution in [-0.2, 0) is 0 Å². The SMILES string of the molecule is c1ccc(-c2nc(-c3ccccc3)nc(-n3c4ccccc4c4c(-c5cc6c7ccccc7n(-c7ccccc7)c6cn5)cccc43)n2)cc1. The number of benzene rings is 6. The van der Waals surface area contributed by atoms with Crippen molar-refractivity contribution in [3.05, 3.63) is 170 Å². The van der Waals surface area contributed by atoms with E-state index in [0.717, 1.165) is 66.3 Å². The number of nitrogens with zero attached hydrogens (tertiary/aromatic N) is 6. The minimum absolute atomic E-state index is 0.565. The number of rotatable bonds is 5. The molecule has 10 aromatic rings. The fourth-order valence-corrected chi connectivity index (χ4v) is 7.22. The molecule has 0 amide bonds. The minimum Gasteiger partial charge on any atom is -0.308 e. The van der Waals surface area contributed by atoms with Gasteiger partial charge in [-0.1, -0.05) is 127 Å². The summed E-state index contributed by atoms with van der Waals surface area (Å²) in [5.74, 6) is 1.81. The summed E-state index contributed by atoms with van der Waals surface area (Å²) in [5, 5.41) is 4.56. The molecule has 0 aliphatic heterocycles. The molecule has 0 aliphatic rings. The second-order valence-corrected chi connectivity index (χ2v) is 12.3. The quantitative estimate of drug-likeness (QED) is 0.188. The molecule has 4 heterocycles. The summed E-state index contributed by atoms with van der Waals surface area (Å²) >= 11 is 0. The Morgan fingerprint density at radius 2 is 0.960 bits per heavy atom. The van der Waals surface area contributed by atoms with Gasteiger partial charge in [0.15, 0.2) is 11.6 Å². The largest absolute Gasteiger partial charge is 0.308 e. The van der Waals surface area contributed by atoms with Gasteiger partial charge in [0.25, 0.3) is 0 Å². The highest BCUT2D eigenvalue weighted by Crippen LogP contribution is 2.40. The summed E-state index contributed by atoms with van der Waals surface area (Å²) in [6, 6.07) is 56.4. The van der Waals surface area contributed by atoms with Crippen LogP contribution in [0.4, 0.5) is 0 Å². The van der Waals surface area contributed by atoms with Gasteiger partial charge in [-0.2, -0.15) is 9.97 Å². The Labute approximate surface area is 287 Å². The standard InChI is InChI=1S/C44H28N6/c1-4-15-29(16-5-1)42-46-43(30-17-6-2-7-18-30)48-44(47-42)50-38-25-13-11-22-34(38)41-33(23-14-26-39(41)50)36-27-35-32-21-10-12-24-37(32)49(40(35)28-45-36)31-19-8-3-9-20-31/h1-28H. The maximum atomic E-state index is 5.13. The Hall–Kier alpha value is -6.92. The molecule has 10 rings (SSSR count). The molecule has 6 heteroatoms. The van der Waals surface area contributed by atoms with Crippen LogP contribution in [0, 0.1) is 0 Å². The van der Waals surface area contributed by atoms with Gasteiger partial charge in [0, 0.05) is 43.9 Å². The van der Waals surface area contributed by atoms with Crippen molar-refractivity contribution >= 4 is 43.6 Å². The van der Waals surface area contributed by atoms with Gasteiger partial charge >= 0.3 is 0 Å². The highest BCUT2D eigenvalue weighted by molar-refractivity contribution is 6.16. The van der Waals surface area contributed by atoms with E-state index in [1.54, 1.807) is 0 Å². The lowest BCUT2D eigenvalue weighted by atomic mass is 10.0. The van der Waals surface area contributed by atoms with E-state index in [9.17, 15) is 0 Å². The van der Waals surface area contributed by atoms with Crippen LogP contribution in [0.5, 0.6) is 0 Å². The molecule has 50 heavy (non-hydrogen) atoms. The number of para-hydroxylation sites is 3. The number of fused-ring (bicyclic) bond motifs is 6. The van der Waals surface area contributed by atoms with Gasteiger partial charge in [0.05, 0.1) is 34.0 Å². The summed E-state index contributed by atoms with van der Waals surface area (Å²) in [5.41, 5.74) is 9.18. The summed E-state index contributed by atoms with van der Waals surface area (Å²) in [7, 11) is 0.